The Balaban J connectivity index is 2.24. The molecule has 2 N–H and O–H groups in total. The fourth-order valence-electron chi connectivity index (χ4n) is 0.875. The van der Waals surface area contributed by atoms with E-state index >= 15 is 0 Å². The molecule has 1 aliphatic rings. The number of nitrogens with one attached hydrogen (secondary N) is 2. The topological polar surface area (TPSA) is 41.1 Å². The molecule has 0 aromatic heterocycles. The lowest BCUT2D eigenvalue weighted by atomic mass is 10.0. The number of hydrogen-bond acceptors (Lipinski definition) is 2. The van der Waals surface area contributed by atoms with Gasteiger partial charge in [-0.3, -0.25) is 4.79 Å². The molecule has 62 valence electrons. The van der Waals surface area contributed by atoms with Crippen molar-refractivity contribution < 1.29 is 4.79 Å². The van der Waals surface area contributed by atoms with Gasteiger partial charge in [-0.1, -0.05) is 6.08 Å². The van der Waals surface area contributed by atoms with Gasteiger partial charge in [0, 0.05) is 19.1 Å². The Morgan fingerprint density at radius 1 is 1.82 bits per heavy atom. The Morgan fingerprint density at radius 3 is 2.82 bits per heavy atom. The van der Waals surface area contributed by atoms with Crippen LogP contribution in [0.5, 0.6) is 0 Å². The van der Waals surface area contributed by atoms with Crippen LogP contribution in [0, 0.1) is 5.92 Å². The molecule has 1 saturated heterocycles. The monoisotopic (exact) mass is 154 g/mol. The average Bonchev–Trinajstić information content (AvgIpc) is 1.83. The maximum Gasteiger partial charge on any atom is 0.226 e. The summed E-state index contributed by atoms with van der Waals surface area (Å²) < 4.78 is 0. The molecule has 1 heterocycles. The van der Waals surface area contributed by atoms with Crippen LogP contribution < -0.4 is 10.6 Å². The van der Waals surface area contributed by atoms with Gasteiger partial charge in [-0.25, -0.2) is 0 Å². The third-order valence-electron chi connectivity index (χ3n) is 1.88. The van der Waals surface area contributed by atoms with Crippen molar-refractivity contribution in [2.24, 2.45) is 5.92 Å². The van der Waals surface area contributed by atoms with E-state index in [0.717, 1.165) is 13.1 Å². The Kier molecular flexibility index (Phi) is 2.65. The third kappa shape index (κ3) is 2.05. The first-order valence-corrected chi connectivity index (χ1v) is 3.87. The van der Waals surface area contributed by atoms with Gasteiger partial charge in [0.2, 0.25) is 5.91 Å². The van der Waals surface area contributed by atoms with E-state index < -0.39 is 0 Å². The summed E-state index contributed by atoms with van der Waals surface area (Å²) in [5, 5.41) is 5.88. The molecule has 0 aromatic carbocycles. The highest BCUT2D eigenvalue weighted by atomic mass is 16.2. The van der Waals surface area contributed by atoms with Crippen LogP contribution in [0.15, 0.2) is 12.7 Å². The second kappa shape index (κ2) is 3.53. The predicted molar refractivity (Wildman–Crippen MR) is 44.2 cm³/mol. The number of rotatable bonds is 3. The lowest BCUT2D eigenvalue weighted by Gasteiger charge is -2.26. The van der Waals surface area contributed by atoms with Crippen LogP contribution in [0.1, 0.15) is 6.92 Å². The summed E-state index contributed by atoms with van der Waals surface area (Å²) in [6.45, 7) is 7.13. The van der Waals surface area contributed by atoms with Gasteiger partial charge in [-0.15, -0.1) is 6.58 Å². The highest BCUT2D eigenvalue weighted by Gasteiger charge is 2.24. The molecule has 0 aliphatic carbocycles. The van der Waals surface area contributed by atoms with Crippen molar-refractivity contribution >= 4 is 5.91 Å². The van der Waals surface area contributed by atoms with Crippen LogP contribution in [0.25, 0.3) is 0 Å². The SMILES string of the molecule is C=CC(C)NC(=O)C1CNC1. The van der Waals surface area contributed by atoms with Crippen molar-refractivity contribution in [1.82, 2.24) is 10.6 Å². The van der Waals surface area contributed by atoms with Gasteiger partial charge >= 0.3 is 0 Å². The van der Waals surface area contributed by atoms with E-state index in [4.69, 9.17) is 0 Å². The van der Waals surface area contributed by atoms with E-state index in [0.29, 0.717) is 0 Å². The summed E-state index contributed by atoms with van der Waals surface area (Å²) in [5.41, 5.74) is 0. The van der Waals surface area contributed by atoms with Crippen molar-refractivity contribution in [1.29, 1.82) is 0 Å². The van der Waals surface area contributed by atoms with Crippen LogP contribution >= 0.6 is 0 Å². The number of carbonyl (C=O) groups is 1. The Morgan fingerprint density at radius 2 is 2.45 bits per heavy atom. The minimum atomic E-state index is 0.0862. The largest absolute Gasteiger partial charge is 0.350 e. The molecule has 0 saturated carbocycles. The van der Waals surface area contributed by atoms with E-state index in [-0.39, 0.29) is 17.9 Å². The minimum absolute atomic E-state index is 0.0862. The van der Waals surface area contributed by atoms with Crippen LogP contribution in [0.2, 0.25) is 0 Å². The highest BCUT2D eigenvalue weighted by molar-refractivity contribution is 5.80. The first-order valence-electron chi connectivity index (χ1n) is 3.87. The van der Waals surface area contributed by atoms with Crippen LogP contribution in [0.3, 0.4) is 0 Å². The van der Waals surface area contributed by atoms with Crippen molar-refractivity contribution in [3.8, 4) is 0 Å². The summed E-state index contributed by atoms with van der Waals surface area (Å²) in [5.74, 6) is 0.313. The first-order chi connectivity index (χ1) is 5.24. The molecule has 3 nitrogen and oxygen atoms in total. The second-order valence-corrected chi connectivity index (χ2v) is 2.89. The molecule has 1 rings (SSSR count). The molecule has 0 bridgehead atoms. The third-order valence-corrected chi connectivity index (χ3v) is 1.88. The molecule has 3 heteroatoms. The lowest BCUT2D eigenvalue weighted by Crippen LogP contribution is -2.52. The van der Waals surface area contributed by atoms with E-state index in [1.165, 1.54) is 0 Å². The molecule has 1 aliphatic heterocycles. The molecular formula is C8H14N2O. The van der Waals surface area contributed by atoms with Crippen molar-refractivity contribution in [3.05, 3.63) is 12.7 Å². The zero-order valence-corrected chi connectivity index (χ0v) is 6.76. The van der Waals surface area contributed by atoms with Gasteiger partial charge in [0.15, 0.2) is 0 Å². The van der Waals surface area contributed by atoms with Crippen molar-refractivity contribution in [3.63, 3.8) is 0 Å². The Hall–Kier alpha value is -0.830. The van der Waals surface area contributed by atoms with Gasteiger partial charge < -0.3 is 10.6 Å². The van der Waals surface area contributed by atoms with E-state index in [9.17, 15) is 4.79 Å². The fourth-order valence-corrected chi connectivity index (χ4v) is 0.875. The maximum absolute atomic E-state index is 11.2. The van der Waals surface area contributed by atoms with Gasteiger partial charge in [0.05, 0.1) is 5.92 Å². The number of hydrogen-bond donors (Lipinski definition) is 2. The van der Waals surface area contributed by atoms with Crippen LogP contribution in [-0.2, 0) is 4.79 Å². The van der Waals surface area contributed by atoms with Crippen LogP contribution in [0.4, 0.5) is 0 Å². The van der Waals surface area contributed by atoms with Crippen molar-refractivity contribution in [2.45, 2.75) is 13.0 Å². The highest BCUT2D eigenvalue weighted by Crippen LogP contribution is 2.02. The predicted octanol–water partition coefficient (Wildman–Crippen LogP) is -0.103. The Bertz CT molecular complexity index is 163. The van der Waals surface area contributed by atoms with E-state index in [1.807, 2.05) is 6.92 Å². The molecule has 1 fully saturated rings. The molecule has 1 amide bonds. The standard InChI is InChI=1S/C8H14N2O/c1-3-6(2)10-8(11)7-4-9-5-7/h3,6-7,9H,1,4-5H2,2H3,(H,10,11). The zero-order chi connectivity index (χ0) is 8.27. The summed E-state index contributed by atoms with van der Waals surface area (Å²) in [4.78, 5) is 11.2. The van der Waals surface area contributed by atoms with Crippen LogP contribution in [-0.4, -0.2) is 25.0 Å². The molecule has 0 aromatic rings. The lowest BCUT2D eigenvalue weighted by molar-refractivity contribution is -0.126. The minimum Gasteiger partial charge on any atom is -0.350 e. The molecule has 0 radical (unpaired) electrons. The normalized spacial score (nSPS) is 20.1. The Labute approximate surface area is 66.9 Å². The summed E-state index contributed by atoms with van der Waals surface area (Å²) in [7, 11) is 0. The van der Waals surface area contributed by atoms with Gasteiger partial charge in [-0.2, -0.15) is 0 Å². The average molecular weight is 154 g/mol. The summed E-state index contributed by atoms with van der Waals surface area (Å²) in [6.07, 6.45) is 1.73. The molecule has 0 spiro atoms. The second-order valence-electron chi connectivity index (χ2n) is 2.89. The van der Waals surface area contributed by atoms with Crippen molar-refractivity contribution in [2.75, 3.05) is 13.1 Å². The van der Waals surface area contributed by atoms with Gasteiger partial charge in [0.1, 0.15) is 0 Å². The molecular weight excluding hydrogens is 140 g/mol. The fraction of sp³-hybridized carbons (Fsp3) is 0.625. The number of carbonyl (C=O) groups excluding carboxylic acids is 1. The maximum atomic E-state index is 11.2. The summed E-state index contributed by atoms with van der Waals surface area (Å²) >= 11 is 0. The zero-order valence-electron chi connectivity index (χ0n) is 6.76. The van der Waals surface area contributed by atoms with E-state index in [2.05, 4.69) is 17.2 Å². The summed E-state index contributed by atoms with van der Waals surface area (Å²) in [6, 6.07) is 0.0862. The smallest absolute Gasteiger partial charge is 0.226 e. The van der Waals surface area contributed by atoms with E-state index in [1.54, 1.807) is 6.08 Å². The molecule has 11 heavy (non-hydrogen) atoms. The first kappa shape index (κ1) is 8.27. The number of amides is 1. The van der Waals surface area contributed by atoms with Gasteiger partial charge in [-0.05, 0) is 6.92 Å². The van der Waals surface area contributed by atoms with Gasteiger partial charge in [0.25, 0.3) is 0 Å². The quantitative estimate of drug-likeness (QED) is 0.557. The molecule has 1 atom stereocenters. The molecule has 1 unspecified atom stereocenters.